The predicted octanol–water partition coefficient (Wildman–Crippen LogP) is 6.98. The maximum atomic E-state index is 12.8. The van der Waals surface area contributed by atoms with Crippen molar-refractivity contribution in [1.29, 1.82) is 0 Å². The molecule has 12 heteroatoms. The van der Waals surface area contributed by atoms with Crippen molar-refractivity contribution in [1.82, 2.24) is 5.32 Å². The quantitative estimate of drug-likeness (QED) is 0.0136. The number of phosphoric ester groups is 1. The topological polar surface area (TPSA) is 166 Å². The zero-order valence-electron chi connectivity index (χ0n) is 33.3. The van der Waals surface area contributed by atoms with Gasteiger partial charge in [0.1, 0.15) is 13.2 Å². The number of aliphatic hydroxyl groups excluding tert-OH is 4. The van der Waals surface area contributed by atoms with Crippen molar-refractivity contribution in [2.75, 3.05) is 40.9 Å². The fourth-order valence-corrected chi connectivity index (χ4v) is 5.64. The van der Waals surface area contributed by atoms with Crippen molar-refractivity contribution in [3.63, 3.8) is 0 Å². The number of likely N-dealkylation sites (N-methyl/N-ethyl adjacent to an activating group) is 1. The van der Waals surface area contributed by atoms with Crippen LogP contribution in [0.15, 0.2) is 72.9 Å². The van der Waals surface area contributed by atoms with Crippen LogP contribution in [0.4, 0.5) is 0 Å². The summed E-state index contributed by atoms with van der Waals surface area (Å²) in [4.78, 5) is 23.0. The third kappa shape index (κ3) is 32.9. The highest BCUT2D eigenvalue weighted by Crippen LogP contribution is 2.43. The molecular formula is C41H74N2O9P+. The number of hydrogen-bond acceptors (Lipinski definition) is 8. The molecule has 0 saturated carbocycles. The van der Waals surface area contributed by atoms with Crippen LogP contribution in [0, 0.1) is 0 Å². The van der Waals surface area contributed by atoms with Gasteiger partial charge in [0.15, 0.2) is 0 Å². The highest BCUT2D eigenvalue weighted by Gasteiger charge is 2.28. The SMILES string of the molecule is CCCCCCC/C=C\CC/C=C/[C@@H](O)[C@H](COP(=O)(O)OCC[N+](C)(C)C)NC(=O)CCC[C@H](O)[C@@H](O)/C=C/C=C/C=C\C=C\[C@@H](O)CCCCC. The van der Waals surface area contributed by atoms with Gasteiger partial charge >= 0.3 is 7.82 Å². The van der Waals surface area contributed by atoms with E-state index in [1.54, 1.807) is 54.7 Å². The predicted molar refractivity (Wildman–Crippen MR) is 216 cm³/mol. The highest BCUT2D eigenvalue weighted by atomic mass is 31.2. The monoisotopic (exact) mass is 770 g/mol. The van der Waals surface area contributed by atoms with Crippen molar-refractivity contribution in [2.45, 2.75) is 141 Å². The van der Waals surface area contributed by atoms with Gasteiger partial charge in [0.05, 0.1) is 58.2 Å². The first-order valence-electron chi connectivity index (χ1n) is 19.6. The van der Waals surface area contributed by atoms with E-state index in [1.807, 2.05) is 21.1 Å². The molecule has 0 saturated heterocycles. The molecule has 0 aliphatic carbocycles. The number of quaternary nitrogens is 1. The zero-order chi connectivity index (χ0) is 39.8. The van der Waals surface area contributed by atoms with Crippen molar-refractivity contribution in [2.24, 2.45) is 0 Å². The van der Waals surface area contributed by atoms with E-state index in [1.165, 1.54) is 38.2 Å². The van der Waals surface area contributed by atoms with Crippen LogP contribution in [0.25, 0.3) is 0 Å². The lowest BCUT2D eigenvalue weighted by molar-refractivity contribution is -0.870. The van der Waals surface area contributed by atoms with Gasteiger partial charge in [-0.05, 0) is 44.9 Å². The van der Waals surface area contributed by atoms with Gasteiger partial charge in [-0.15, -0.1) is 0 Å². The van der Waals surface area contributed by atoms with E-state index < -0.39 is 50.8 Å². The largest absolute Gasteiger partial charge is 0.472 e. The molecular weight excluding hydrogens is 695 g/mol. The van der Waals surface area contributed by atoms with Crippen molar-refractivity contribution >= 4 is 13.7 Å². The minimum atomic E-state index is -4.44. The molecule has 0 rings (SSSR count). The number of hydrogen-bond donors (Lipinski definition) is 6. The summed E-state index contributed by atoms with van der Waals surface area (Å²) in [5.41, 5.74) is 0. The van der Waals surface area contributed by atoms with Gasteiger partial charge < -0.3 is 35.1 Å². The molecule has 0 aromatic heterocycles. The lowest BCUT2D eigenvalue weighted by atomic mass is 10.1. The van der Waals surface area contributed by atoms with E-state index >= 15 is 0 Å². The van der Waals surface area contributed by atoms with E-state index in [0.717, 1.165) is 38.5 Å². The molecule has 6 N–H and O–H groups in total. The molecule has 0 bridgehead atoms. The highest BCUT2D eigenvalue weighted by molar-refractivity contribution is 7.47. The summed E-state index contributed by atoms with van der Waals surface area (Å²) in [7, 11) is 1.32. The number of unbranched alkanes of at least 4 members (excludes halogenated alkanes) is 8. The number of amides is 1. The number of nitrogens with one attached hydrogen (secondary N) is 1. The zero-order valence-corrected chi connectivity index (χ0v) is 34.2. The second-order valence-corrected chi connectivity index (χ2v) is 16.0. The van der Waals surface area contributed by atoms with E-state index in [9.17, 15) is 34.7 Å². The Morgan fingerprint density at radius 3 is 1.98 bits per heavy atom. The Kier molecular flexibility index (Phi) is 30.8. The molecule has 0 spiro atoms. The Balaban J connectivity index is 4.94. The van der Waals surface area contributed by atoms with E-state index in [-0.39, 0.29) is 25.9 Å². The van der Waals surface area contributed by atoms with Crippen LogP contribution in [0.2, 0.25) is 0 Å². The molecule has 0 heterocycles. The smallest absolute Gasteiger partial charge is 0.390 e. The molecule has 1 amide bonds. The third-order valence-corrected chi connectivity index (χ3v) is 9.25. The van der Waals surface area contributed by atoms with Crippen molar-refractivity contribution in [3.8, 4) is 0 Å². The molecule has 1 unspecified atom stereocenters. The first-order chi connectivity index (χ1) is 25.2. The van der Waals surface area contributed by atoms with Crippen LogP contribution in [-0.4, -0.2) is 107 Å². The summed E-state index contributed by atoms with van der Waals surface area (Å²) in [6.07, 6.45) is 30.5. The minimum absolute atomic E-state index is 0.00797. The first-order valence-corrected chi connectivity index (χ1v) is 21.1. The van der Waals surface area contributed by atoms with E-state index in [2.05, 4.69) is 31.3 Å². The van der Waals surface area contributed by atoms with Crippen LogP contribution in [0.1, 0.15) is 110 Å². The van der Waals surface area contributed by atoms with Gasteiger partial charge in [-0.1, -0.05) is 132 Å². The van der Waals surface area contributed by atoms with Gasteiger partial charge in [0.25, 0.3) is 0 Å². The fourth-order valence-electron chi connectivity index (χ4n) is 4.91. The molecule has 0 aromatic carbocycles. The lowest BCUT2D eigenvalue weighted by Crippen LogP contribution is -2.45. The average molecular weight is 770 g/mol. The summed E-state index contributed by atoms with van der Waals surface area (Å²) in [5.74, 6) is -0.443. The molecule has 11 nitrogen and oxygen atoms in total. The van der Waals surface area contributed by atoms with Gasteiger partial charge in [-0.25, -0.2) is 4.57 Å². The number of carbonyl (C=O) groups is 1. The van der Waals surface area contributed by atoms with E-state index in [0.29, 0.717) is 17.4 Å². The second kappa shape index (κ2) is 32.1. The van der Waals surface area contributed by atoms with Gasteiger partial charge in [-0.3, -0.25) is 13.8 Å². The summed E-state index contributed by atoms with van der Waals surface area (Å²) < 4.78 is 23.3. The average Bonchev–Trinajstić information content (AvgIpc) is 3.09. The van der Waals surface area contributed by atoms with Crippen LogP contribution in [0.3, 0.4) is 0 Å². The maximum Gasteiger partial charge on any atom is 0.472 e. The number of rotatable bonds is 33. The van der Waals surface area contributed by atoms with Crippen molar-refractivity contribution in [3.05, 3.63) is 72.9 Å². The number of allylic oxidation sites excluding steroid dienone is 9. The number of nitrogens with zero attached hydrogens (tertiary/aromatic N) is 1. The molecule has 0 aromatic rings. The van der Waals surface area contributed by atoms with Crippen LogP contribution < -0.4 is 5.32 Å². The van der Waals surface area contributed by atoms with Crippen LogP contribution in [-0.2, 0) is 18.4 Å². The number of phosphoric acid groups is 1. The lowest BCUT2D eigenvalue weighted by Gasteiger charge is -2.25. The van der Waals surface area contributed by atoms with Gasteiger partial charge in [0.2, 0.25) is 5.91 Å². The molecule has 0 fully saturated rings. The molecule has 0 radical (unpaired) electrons. The maximum absolute atomic E-state index is 12.8. The summed E-state index contributed by atoms with van der Waals surface area (Å²) in [5, 5.41) is 44.1. The number of carbonyl (C=O) groups excluding carboxylic acids is 1. The fraction of sp³-hybridized carbons (Fsp3) is 0.683. The Morgan fingerprint density at radius 1 is 0.698 bits per heavy atom. The normalized spacial score (nSPS) is 17.1. The summed E-state index contributed by atoms with van der Waals surface area (Å²) in [6.45, 7) is 4.33. The molecule has 0 aliphatic heterocycles. The number of aliphatic hydroxyl groups is 4. The molecule has 306 valence electrons. The van der Waals surface area contributed by atoms with Crippen LogP contribution >= 0.6 is 7.82 Å². The first kappa shape index (κ1) is 50.8. The Hall–Kier alpha value is -2.18. The van der Waals surface area contributed by atoms with Crippen molar-refractivity contribution < 1.29 is 48.2 Å². The molecule has 6 atom stereocenters. The third-order valence-electron chi connectivity index (χ3n) is 8.27. The summed E-state index contributed by atoms with van der Waals surface area (Å²) >= 11 is 0. The second-order valence-electron chi connectivity index (χ2n) is 14.5. The Morgan fingerprint density at radius 2 is 1.30 bits per heavy atom. The van der Waals surface area contributed by atoms with E-state index in [4.69, 9.17) is 9.05 Å². The standard InChI is InChI=1S/C41H73N2O9P/c1-6-8-10-11-12-13-14-15-16-20-24-29-38(45)37(35-52-53(49,50)51-34-33-43(3,4)5)42-41(48)32-26-31-40(47)39(46)30-25-21-18-17-19-23-28-36(44)27-22-9-7-2/h14-15,17-19,21,23-25,28-30,36-40,44-47H,6-13,16,20,22,26-27,31-35H2,1-5H3,(H-,42,48,49,50)/p+1/b15-14-,19-17-,21-18+,28-23+,29-24+,30-25+/t36-,37-,38+,39-,40-/m0/s1. The van der Waals surface area contributed by atoms with Crippen LogP contribution in [0.5, 0.6) is 0 Å². The Bertz CT molecular complexity index is 1150. The minimum Gasteiger partial charge on any atom is -0.390 e. The Labute approximate surface area is 321 Å². The van der Waals surface area contributed by atoms with Gasteiger partial charge in [-0.2, -0.15) is 0 Å². The van der Waals surface area contributed by atoms with Gasteiger partial charge in [0, 0.05) is 6.42 Å². The summed E-state index contributed by atoms with van der Waals surface area (Å²) in [6, 6.07) is -1.02. The molecule has 0 aliphatic rings. The molecule has 53 heavy (non-hydrogen) atoms.